The van der Waals surface area contributed by atoms with Crippen LogP contribution in [0, 0.1) is 24.4 Å². The third-order valence-electron chi connectivity index (χ3n) is 5.17. The summed E-state index contributed by atoms with van der Waals surface area (Å²) in [4.78, 5) is 18.8. The highest BCUT2D eigenvalue weighted by Gasteiger charge is 2.27. The lowest BCUT2D eigenvalue weighted by Gasteiger charge is -2.14. The Labute approximate surface area is 191 Å². The summed E-state index contributed by atoms with van der Waals surface area (Å²) >= 11 is 0. The molecule has 0 spiro atoms. The minimum absolute atomic E-state index is 0.0798. The van der Waals surface area contributed by atoms with Crippen molar-refractivity contribution in [3.8, 4) is 11.4 Å². The van der Waals surface area contributed by atoms with Crippen LogP contribution in [0.25, 0.3) is 16.9 Å². The lowest BCUT2D eigenvalue weighted by molar-refractivity contribution is 0.0693. The molecule has 0 aliphatic carbocycles. The average Bonchev–Trinajstić information content (AvgIpc) is 3.18. The van der Waals surface area contributed by atoms with Gasteiger partial charge in [0.15, 0.2) is 11.5 Å². The number of nitrogens with zero attached hydrogens (tertiary/aromatic N) is 3. The zero-order valence-electron chi connectivity index (χ0n) is 17.8. The number of aryl methyl sites for hydroxylation is 2. The van der Waals surface area contributed by atoms with E-state index in [1.807, 2.05) is 4.72 Å². The topological polar surface area (TPSA) is 114 Å². The Hall–Kier alpha value is -3.93. The highest BCUT2D eigenvalue weighted by Crippen LogP contribution is 2.33. The van der Waals surface area contributed by atoms with Crippen molar-refractivity contribution < 1.29 is 31.5 Å². The number of hydrogen-bond acceptors (Lipinski definition) is 5. The zero-order valence-corrected chi connectivity index (χ0v) is 18.6. The molecule has 0 aliphatic heterocycles. The molecule has 0 bridgehead atoms. The van der Waals surface area contributed by atoms with Gasteiger partial charge in [-0.2, -0.15) is 0 Å². The number of nitrogens with one attached hydrogen (secondary N) is 1. The normalized spacial score (nSPS) is 11.7. The van der Waals surface area contributed by atoms with E-state index in [1.165, 1.54) is 17.4 Å². The summed E-state index contributed by atoms with van der Waals surface area (Å²) < 4.78 is 72.5. The van der Waals surface area contributed by atoms with Gasteiger partial charge in [-0.3, -0.25) is 14.1 Å². The summed E-state index contributed by atoms with van der Waals surface area (Å²) in [5, 5.41) is 9.54. The van der Waals surface area contributed by atoms with Gasteiger partial charge in [-0.1, -0.05) is 13.0 Å². The lowest BCUT2D eigenvalue weighted by atomic mass is 10.1. The summed E-state index contributed by atoms with van der Waals surface area (Å²) in [5.41, 5.74) is -1.00. The van der Waals surface area contributed by atoms with Crippen molar-refractivity contribution in [3.05, 3.63) is 77.1 Å². The van der Waals surface area contributed by atoms with E-state index >= 15 is 4.39 Å². The van der Waals surface area contributed by atoms with Crippen molar-refractivity contribution in [2.45, 2.75) is 25.2 Å². The number of hydrogen-bond donors (Lipinski definition) is 2. The number of imidazole rings is 1. The van der Waals surface area contributed by atoms with Crippen LogP contribution in [-0.4, -0.2) is 33.9 Å². The number of halogens is 3. The summed E-state index contributed by atoms with van der Waals surface area (Å²) in [5.74, 6) is -5.00. The van der Waals surface area contributed by atoms with Gasteiger partial charge in [0.05, 0.1) is 23.0 Å². The molecule has 4 rings (SSSR count). The van der Waals surface area contributed by atoms with Crippen molar-refractivity contribution >= 4 is 27.2 Å². The van der Waals surface area contributed by atoms with Crippen LogP contribution in [0.3, 0.4) is 0 Å². The van der Waals surface area contributed by atoms with Crippen LogP contribution in [0.1, 0.15) is 28.8 Å². The molecule has 0 saturated carbocycles. The van der Waals surface area contributed by atoms with Crippen LogP contribution >= 0.6 is 0 Å². The second-order valence-electron chi connectivity index (χ2n) is 7.31. The highest BCUT2D eigenvalue weighted by atomic mass is 32.2. The Bertz CT molecular complexity index is 1570. The SMILES string of the molecule is CCc1cccc2c(C(=O)O)nc(-c3ccc(F)c(NS(=O)(=O)c4cc(F)cnc4C)c3F)n12. The van der Waals surface area contributed by atoms with Gasteiger partial charge >= 0.3 is 5.97 Å². The average molecular weight is 490 g/mol. The standard InChI is InChI=1S/C22H17F3N4O4S/c1-3-13-5-4-6-16-20(22(30)31)27-21(29(13)16)14-7-8-15(24)19(18(14)25)28-34(32,33)17-9-12(23)10-26-11(17)2/h4-10,28H,3H2,1-2H3,(H,30,31). The number of rotatable bonds is 6. The lowest BCUT2D eigenvalue weighted by Crippen LogP contribution is -2.17. The molecule has 12 heteroatoms. The Morgan fingerprint density at radius 2 is 1.91 bits per heavy atom. The van der Waals surface area contributed by atoms with E-state index in [4.69, 9.17) is 0 Å². The molecule has 0 amide bonds. The maximum absolute atomic E-state index is 15.6. The van der Waals surface area contributed by atoms with Crippen molar-refractivity contribution in [2.24, 2.45) is 0 Å². The van der Waals surface area contributed by atoms with Crippen LogP contribution in [0.2, 0.25) is 0 Å². The molecule has 0 atom stereocenters. The van der Waals surface area contributed by atoms with E-state index in [9.17, 15) is 27.1 Å². The maximum Gasteiger partial charge on any atom is 0.356 e. The number of sulfonamides is 1. The van der Waals surface area contributed by atoms with Gasteiger partial charge in [-0.05, 0) is 43.7 Å². The van der Waals surface area contributed by atoms with Gasteiger partial charge in [-0.25, -0.2) is 31.4 Å². The molecule has 0 unspecified atom stereocenters. The predicted octanol–water partition coefficient (Wildman–Crippen LogP) is 4.18. The number of aromatic nitrogens is 3. The van der Waals surface area contributed by atoms with E-state index in [1.54, 1.807) is 19.1 Å². The Balaban J connectivity index is 1.92. The first kappa shape index (κ1) is 23.2. The van der Waals surface area contributed by atoms with Gasteiger partial charge in [0.1, 0.15) is 28.0 Å². The van der Waals surface area contributed by atoms with E-state index in [2.05, 4.69) is 9.97 Å². The van der Waals surface area contributed by atoms with Crippen LogP contribution in [0.5, 0.6) is 0 Å². The third kappa shape index (κ3) is 3.85. The number of carboxylic acid groups (broad SMARTS) is 1. The fourth-order valence-electron chi connectivity index (χ4n) is 3.59. The molecular formula is C22H17F3N4O4S. The molecule has 34 heavy (non-hydrogen) atoms. The molecule has 1 aromatic carbocycles. The minimum Gasteiger partial charge on any atom is -0.476 e. The summed E-state index contributed by atoms with van der Waals surface area (Å²) in [6.07, 6.45) is 1.25. The zero-order chi connectivity index (χ0) is 24.8. The van der Waals surface area contributed by atoms with Crippen LogP contribution < -0.4 is 4.72 Å². The second-order valence-corrected chi connectivity index (χ2v) is 8.96. The first-order valence-electron chi connectivity index (χ1n) is 9.92. The van der Waals surface area contributed by atoms with Gasteiger partial charge in [-0.15, -0.1) is 0 Å². The minimum atomic E-state index is -4.63. The summed E-state index contributed by atoms with van der Waals surface area (Å²) in [7, 11) is -4.63. The molecular weight excluding hydrogens is 473 g/mol. The number of carboxylic acids is 1. The molecule has 4 aromatic rings. The highest BCUT2D eigenvalue weighted by molar-refractivity contribution is 7.92. The van der Waals surface area contributed by atoms with Crippen molar-refractivity contribution in [2.75, 3.05) is 4.72 Å². The molecule has 2 N–H and O–H groups in total. The van der Waals surface area contributed by atoms with Gasteiger partial charge < -0.3 is 5.11 Å². The van der Waals surface area contributed by atoms with Gasteiger partial charge in [0, 0.05) is 5.69 Å². The molecule has 176 valence electrons. The third-order valence-corrected chi connectivity index (χ3v) is 6.64. The molecule has 3 aromatic heterocycles. The van der Waals surface area contributed by atoms with Crippen LogP contribution in [-0.2, 0) is 16.4 Å². The van der Waals surface area contributed by atoms with Gasteiger partial charge in [0.2, 0.25) is 0 Å². The van der Waals surface area contributed by atoms with Crippen molar-refractivity contribution in [1.82, 2.24) is 14.4 Å². The van der Waals surface area contributed by atoms with Crippen LogP contribution in [0.4, 0.5) is 18.9 Å². The first-order valence-corrected chi connectivity index (χ1v) is 11.4. The second kappa shape index (κ2) is 8.45. The Morgan fingerprint density at radius 1 is 1.18 bits per heavy atom. The molecule has 0 fully saturated rings. The van der Waals surface area contributed by atoms with Crippen molar-refractivity contribution in [3.63, 3.8) is 0 Å². The van der Waals surface area contributed by atoms with E-state index in [0.717, 1.165) is 18.3 Å². The summed E-state index contributed by atoms with van der Waals surface area (Å²) in [6, 6.07) is 7.34. The van der Waals surface area contributed by atoms with Crippen LogP contribution in [0.15, 0.2) is 47.5 Å². The number of carbonyl (C=O) groups is 1. The summed E-state index contributed by atoms with van der Waals surface area (Å²) in [6.45, 7) is 3.10. The maximum atomic E-state index is 15.6. The first-order chi connectivity index (χ1) is 16.0. The van der Waals surface area contributed by atoms with Crippen molar-refractivity contribution in [1.29, 1.82) is 0 Å². The molecule has 0 aliphatic rings. The quantitative estimate of drug-likeness (QED) is 0.419. The Morgan fingerprint density at radius 3 is 2.59 bits per heavy atom. The number of anilines is 1. The fourth-order valence-corrected chi connectivity index (χ4v) is 4.86. The predicted molar refractivity (Wildman–Crippen MR) is 117 cm³/mol. The van der Waals surface area contributed by atoms with E-state index in [0.29, 0.717) is 18.2 Å². The monoisotopic (exact) mass is 490 g/mol. The Kier molecular flexibility index (Phi) is 5.77. The fraction of sp³-hybridized carbons (Fsp3) is 0.136. The molecule has 0 radical (unpaired) electrons. The molecule has 0 saturated heterocycles. The van der Waals surface area contributed by atoms with Gasteiger partial charge in [0.25, 0.3) is 10.0 Å². The number of benzene rings is 1. The number of aromatic carboxylic acids is 1. The van der Waals surface area contributed by atoms with E-state index in [-0.39, 0.29) is 28.3 Å². The molecule has 3 heterocycles. The molecule has 8 nitrogen and oxygen atoms in total. The number of fused-ring (bicyclic) bond motifs is 1. The smallest absolute Gasteiger partial charge is 0.356 e. The largest absolute Gasteiger partial charge is 0.476 e. The number of pyridine rings is 2. The van der Waals surface area contributed by atoms with E-state index < -0.39 is 44.0 Å².